The molecular weight excluding hydrogens is 342 g/mol. The van der Waals surface area contributed by atoms with Crippen LogP contribution in [0.2, 0.25) is 0 Å². The van der Waals surface area contributed by atoms with Crippen molar-refractivity contribution in [2.24, 2.45) is 10.6 Å². The molecule has 0 spiro atoms. The fourth-order valence-electron chi connectivity index (χ4n) is 2.39. The van der Waals surface area contributed by atoms with Gasteiger partial charge in [-0.25, -0.2) is 13.6 Å². The summed E-state index contributed by atoms with van der Waals surface area (Å²) in [5.74, 6) is -0.530. The summed E-state index contributed by atoms with van der Waals surface area (Å²) in [5.41, 5.74) is -0.274. The molecule has 25 heavy (non-hydrogen) atoms. The summed E-state index contributed by atoms with van der Waals surface area (Å²) < 4.78 is 22.4. The molecule has 0 heterocycles. The maximum atomic E-state index is 12.4. The summed E-state index contributed by atoms with van der Waals surface area (Å²) in [7, 11) is -3.71. The lowest BCUT2D eigenvalue weighted by atomic mass is 9.90. The molecule has 0 bridgehead atoms. The Kier molecular flexibility index (Phi) is 7.13. The lowest BCUT2D eigenvalue weighted by Gasteiger charge is -2.29. The van der Waals surface area contributed by atoms with Crippen LogP contribution in [0.15, 0.2) is 29.2 Å². The molecule has 0 aliphatic carbocycles. The van der Waals surface area contributed by atoms with E-state index in [2.05, 4.69) is 5.32 Å². The van der Waals surface area contributed by atoms with Crippen molar-refractivity contribution in [3.8, 4) is 0 Å². The van der Waals surface area contributed by atoms with Crippen LogP contribution in [-0.4, -0.2) is 44.8 Å². The monoisotopic (exact) mass is 369 g/mol. The molecule has 1 aromatic rings. The van der Waals surface area contributed by atoms with Gasteiger partial charge in [0.2, 0.25) is 21.8 Å². The molecule has 0 aliphatic rings. The number of benzene rings is 1. The third kappa shape index (κ3) is 5.54. The van der Waals surface area contributed by atoms with Gasteiger partial charge in [0.05, 0.1) is 4.90 Å². The zero-order valence-corrected chi connectivity index (χ0v) is 16.0. The second kappa shape index (κ2) is 8.44. The Hall–Kier alpha value is -1.93. The van der Waals surface area contributed by atoms with E-state index in [1.807, 2.05) is 13.8 Å². The third-order valence-electron chi connectivity index (χ3n) is 4.10. The van der Waals surface area contributed by atoms with Crippen LogP contribution in [0.1, 0.15) is 33.3 Å². The number of amides is 2. The highest BCUT2D eigenvalue weighted by atomic mass is 32.2. The van der Waals surface area contributed by atoms with Gasteiger partial charge in [0.25, 0.3) is 0 Å². The first-order valence-electron chi connectivity index (χ1n) is 8.23. The highest BCUT2D eigenvalue weighted by molar-refractivity contribution is 7.89. The number of hydrogen-bond acceptors (Lipinski definition) is 4. The number of nitrogens with zero attached hydrogens (tertiary/aromatic N) is 1. The minimum Gasteiger partial charge on any atom is -0.355 e. The quantitative estimate of drug-likeness (QED) is 0.663. The molecule has 0 unspecified atom stereocenters. The van der Waals surface area contributed by atoms with Gasteiger partial charge >= 0.3 is 0 Å². The normalized spacial score (nSPS) is 11.9. The van der Waals surface area contributed by atoms with Gasteiger partial charge in [-0.05, 0) is 51.8 Å². The molecule has 8 heteroatoms. The van der Waals surface area contributed by atoms with Crippen LogP contribution in [-0.2, 0) is 26.0 Å². The van der Waals surface area contributed by atoms with E-state index in [0.29, 0.717) is 26.1 Å². The van der Waals surface area contributed by atoms with Gasteiger partial charge in [-0.3, -0.25) is 9.59 Å². The van der Waals surface area contributed by atoms with Gasteiger partial charge in [-0.1, -0.05) is 12.1 Å². The Morgan fingerprint density at radius 3 is 2.08 bits per heavy atom. The standard InChI is InChI=1S/C17H27N3O4S/c1-5-20(6-2)16(22)17(3,4)15(21)19-12-11-13-7-9-14(10-8-13)25(18,23)24/h7-10H,5-6,11-12H2,1-4H3,(H,19,21)(H2,18,23,24). The van der Waals surface area contributed by atoms with E-state index in [9.17, 15) is 18.0 Å². The maximum Gasteiger partial charge on any atom is 0.238 e. The molecule has 0 aliphatic heterocycles. The molecule has 0 atom stereocenters. The SMILES string of the molecule is CCN(CC)C(=O)C(C)(C)C(=O)NCCc1ccc(S(N)(=O)=O)cc1. The second-order valence-corrected chi connectivity index (χ2v) is 7.86. The van der Waals surface area contributed by atoms with Crippen LogP contribution in [0.5, 0.6) is 0 Å². The largest absolute Gasteiger partial charge is 0.355 e. The molecule has 2 amide bonds. The fourth-order valence-corrected chi connectivity index (χ4v) is 2.91. The number of hydrogen-bond donors (Lipinski definition) is 2. The van der Waals surface area contributed by atoms with Crippen molar-refractivity contribution >= 4 is 21.8 Å². The highest BCUT2D eigenvalue weighted by Crippen LogP contribution is 2.19. The lowest BCUT2D eigenvalue weighted by Crippen LogP contribution is -2.49. The van der Waals surface area contributed by atoms with E-state index in [1.165, 1.54) is 12.1 Å². The van der Waals surface area contributed by atoms with Crippen molar-refractivity contribution in [2.45, 2.75) is 39.0 Å². The predicted molar refractivity (Wildman–Crippen MR) is 96.2 cm³/mol. The summed E-state index contributed by atoms with van der Waals surface area (Å²) in [4.78, 5) is 26.5. The van der Waals surface area contributed by atoms with Crippen molar-refractivity contribution < 1.29 is 18.0 Å². The average molecular weight is 369 g/mol. The minimum atomic E-state index is -3.71. The molecule has 0 saturated heterocycles. The van der Waals surface area contributed by atoms with E-state index in [1.54, 1.807) is 30.9 Å². The molecule has 140 valence electrons. The van der Waals surface area contributed by atoms with Crippen molar-refractivity contribution in [3.05, 3.63) is 29.8 Å². The number of sulfonamides is 1. The van der Waals surface area contributed by atoms with E-state index in [0.717, 1.165) is 5.56 Å². The number of nitrogens with one attached hydrogen (secondary N) is 1. The smallest absolute Gasteiger partial charge is 0.238 e. The zero-order valence-electron chi connectivity index (χ0n) is 15.2. The van der Waals surface area contributed by atoms with Gasteiger partial charge in [0.15, 0.2) is 0 Å². The summed E-state index contributed by atoms with van der Waals surface area (Å²) in [5, 5.41) is 7.82. The van der Waals surface area contributed by atoms with E-state index >= 15 is 0 Å². The third-order valence-corrected chi connectivity index (χ3v) is 5.03. The molecule has 0 radical (unpaired) electrons. The zero-order chi connectivity index (χ0) is 19.3. The van der Waals surface area contributed by atoms with Crippen LogP contribution in [0.4, 0.5) is 0 Å². The van der Waals surface area contributed by atoms with Crippen molar-refractivity contribution in [1.82, 2.24) is 10.2 Å². The molecular formula is C17H27N3O4S. The predicted octanol–water partition coefficient (Wildman–Crippen LogP) is 0.887. The topological polar surface area (TPSA) is 110 Å². The summed E-state index contributed by atoms with van der Waals surface area (Å²) in [6.07, 6.45) is 0.520. The highest BCUT2D eigenvalue weighted by Gasteiger charge is 2.38. The van der Waals surface area contributed by atoms with Crippen molar-refractivity contribution in [3.63, 3.8) is 0 Å². The number of nitrogens with two attached hydrogens (primary N) is 1. The number of carbonyl (C=O) groups is 2. The first-order valence-corrected chi connectivity index (χ1v) is 9.78. The summed E-state index contributed by atoms with van der Waals surface area (Å²) in [6, 6.07) is 6.16. The van der Waals surface area contributed by atoms with Gasteiger partial charge in [0.1, 0.15) is 5.41 Å². The van der Waals surface area contributed by atoms with E-state index < -0.39 is 15.4 Å². The first kappa shape index (κ1) is 21.1. The molecule has 1 rings (SSSR count). The maximum absolute atomic E-state index is 12.4. The van der Waals surface area contributed by atoms with E-state index in [-0.39, 0.29) is 16.7 Å². The van der Waals surface area contributed by atoms with Crippen molar-refractivity contribution in [1.29, 1.82) is 0 Å². The Morgan fingerprint density at radius 1 is 1.12 bits per heavy atom. The average Bonchev–Trinajstić information content (AvgIpc) is 2.55. The second-order valence-electron chi connectivity index (χ2n) is 6.30. The van der Waals surface area contributed by atoms with Crippen LogP contribution in [0, 0.1) is 5.41 Å². The lowest BCUT2D eigenvalue weighted by molar-refractivity contribution is -0.148. The van der Waals surface area contributed by atoms with Gasteiger partial charge in [0, 0.05) is 19.6 Å². The molecule has 3 N–H and O–H groups in total. The Bertz CT molecular complexity index is 708. The summed E-state index contributed by atoms with van der Waals surface area (Å²) >= 11 is 0. The van der Waals surface area contributed by atoms with Gasteiger partial charge in [-0.15, -0.1) is 0 Å². The van der Waals surface area contributed by atoms with Crippen molar-refractivity contribution in [2.75, 3.05) is 19.6 Å². The minimum absolute atomic E-state index is 0.0474. The number of primary sulfonamides is 1. The molecule has 0 aromatic heterocycles. The fraction of sp³-hybridized carbons (Fsp3) is 0.529. The number of carbonyl (C=O) groups excluding carboxylic acids is 2. The Balaban J connectivity index is 2.63. The number of rotatable bonds is 8. The molecule has 0 fully saturated rings. The van der Waals surface area contributed by atoms with Crippen LogP contribution in [0.3, 0.4) is 0 Å². The Morgan fingerprint density at radius 2 is 1.64 bits per heavy atom. The summed E-state index contributed by atoms with van der Waals surface area (Å²) in [6.45, 7) is 8.45. The Labute approximate surface area is 149 Å². The van der Waals surface area contributed by atoms with Crippen LogP contribution < -0.4 is 10.5 Å². The van der Waals surface area contributed by atoms with Crippen LogP contribution >= 0.6 is 0 Å². The van der Waals surface area contributed by atoms with Gasteiger partial charge in [-0.2, -0.15) is 0 Å². The molecule has 1 aromatic carbocycles. The van der Waals surface area contributed by atoms with Gasteiger partial charge < -0.3 is 10.2 Å². The van der Waals surface area contributed by atoms with E-state index in [4.69, 9.17) is 5.14 Å². The molecule has 7 nitrogen and oxygen atoms in total. The first-order chi connectivity index (χ1) is 11.5. The van der Waals surface area contributed by atoms with Crippen LogP contribution in [0.25, 0.3) is 0 Å². The molecule has 0 saturated carbocycles.